The van der Waals surface area contributed by atoms with Gasteiger partial charge in [0, 0.05) is 19.0 Å². The van der Waals surface area contributed by atoms with Crippen LogP contribution in [0.1, 0.15) is 24.5 Å². The van der Waals surface area contributed by atoms with Crippen LogP contribution in [0.5, 0.6) is 0 Å². The van der Waals surface area contributed by atoms with E-state index in [1.54, 1.807) is 18.8 Å². The second kappa shape index (κ2) is 8.27. The van der Waals surface area contributed by atoms with Crippen LogP contribution < -0.4 is 0 Å². The standard InChI is InChI=1S/C14H22ClNO2S2/c1-12(7-8-19-3)16(2)20(17,18)11-14-6-4-5-13(9-14)10-15/h4-6,9,12H,7-8,10-11H2,1-3H3. The molecule has 0 aliphatic rings. The molecule has 0 amide bonds. The Labute approximate surface area is 131 Å². The Bertz CT molecular complexity index is 520. The lowest BCUT2D eigenvalue weighted by Gasteiger charge is -2.24. The fraction of sp³-hybridized carbons (Fsp3) is 0.571. The summed E-state index contributed by atoms with van der Waals surface area (Å²) in [5, 5.41) is 0. The summed E-state index contributed by atoms with van der Waals surface area (Å²) < 4.78 is 26.3. The number of hydrogen-bond donors (Lipinski definition) is 0. The summed E-state index contributed by atoms with van der Waals surface area (Å²) in [7, 11) is -1.63. The molecule has 0 saturated heterocycles. The molecule has 3 nitrogen and oxygen atoms in total. The molecular formula is C14H22ClNO2S2. The van der Waals surface area contributed by atoms with Crippen molar-refractivity contribution in [2.75, 3.05) is 19.1 Å². The number of hydrogen-bond acceptors (Lipinski definition) is 3. The van der Waals surface area contributed by atoms with Crippen molar-refractivity contribution in [3.05, 3.63) is 35.4 Å². The number of thioether (sulfide) groups is 1. The maximum absolute atomic E-state index is 12.4. The highest BCUT2D eigenvalue weighted by atomic mass is 35.5. The molecule has 0 fully saturated rings. The van der Waals surface area contributed by atoms with Gasteiger partial charge in [-0.25, -0.2) is 12.7 Å². The van der Waals surface area contributed by atoms with E-state index >= 15 is 0 Å². The van der Waals surface area contributed by atoms with Crippen molar-refractivity contribution in [2.24, 2.45) is 0 Å². The number of sulfonamides is 1. The predicted molar refractivity (Wildman–Crippen MR) is 88.8 cm³/mol. The van der Waals surface area contributed by atoms with Crippen LogP contribution in [0.3, 0.4) is 0 Å². The van der Waals surface area contributed by atoms with E-state index in [0.29, 0.717) is 5.88 Å². The van der Waals surface area contributed by atoms with Gasteiger partial charge in [-0.05, 0) is 36.5 Å². The topological polar surface area (TPSA) is 37.4 Å². The molecule has 6 heteroatoms. The van der Waals surface area contributed by atoms with Crippen molar-refractivity contribution in [3.8, 4) is 0 Å². The minimum atomic E-state index is -3.29. The van der Waals surface area contributed by atoms with E-state index in [1.165, 1.54) is 4.31 Å². The predicted octanol–water partition coefficient (Wildman–Crippen LogP) is 3.33. The van der Waals surface area contributed by atoms with Crippen molar-refractivity contribution in [1.82, 2.24) is 4.31 Å². The lowest BCUT2D eigenvalue weighted by atomic mass is 10.2. The van der Waals surface area contributed by atoms with Gasteiger partial charge >= 0.3 is 0 Å². The second-order valence-corrected chi connectivity index (χ2v) is 8.14. The first-order valence-electron chi connectivity index (χ1n) is 6.49. The van der Waals surface area contributed by atoms with Crippen LogP contribution in [0.25, 0.3) is 0 Å². The van der Waals surface area contributed by atoms with Crippen molar-refractivity contribution >= 4 is 33.4 Å². The SMILES string of the molecule is CSCCC(C)N(C)S(=O)(=O)Cc1cccc(CCl)c1. The quantitative estimate of drug-likeness (QED) is 0.684. The van der Waals surface area contributed by atoms with E-state index in [4.69, 9.17) is 11.6 Å². The fourth-order valence-electron chi connectivity index (χ4n) is 1.86. The van der Waals surface area contributed by atoms with Gasteiger partial charge in [-0.2, -0.15) is 11.8 Å². The molecule has 0 saturated carbocycles. The van der Waals surface area contributed by atoms with Gasteiger partial charge in [0.15, 0.2) is 0 Å². The summed E-state index contributed by atoms with van der Waals surface area (Å²) in [5.74, 6) is 1.38. The summed E-state index contributed by atoms with van der Waals surface area (Å²) in [5.41, 5.74) is 1.73. The number of halogens is 1. The highest BCUT2D eigenvalue weighted by Crippen LogP contribution is 2.16. The summed E-state index contributed by atoms with van der Waals surface area (Å²) >= 11 is 7.51. The highest BCUT2D eigenvalue weighted by molar-refractivity contribution is 7.98. The van der Waals surface area contributed by atoms with Crippen LogP contribution in [-0.2, 0) is 21.7 Å². The average molecular weight is 336 g/mol. The molecule has 0 aromatic heterocycles. The maximum atomic E-state index is 12.4. The van der Waals surface area contributed by atoms with E-state index in [0.717, 1.165) is 23.3 Å². The highest BCUT2D eigenvalue weighted by Gasteiger charge is 2.23. The third-order valence-electron chi connectivity index (χ3n) is 3.29. The third kappa shape index (κ3) is 5.28. The van der Waals surface area contributed by atoms with Crippen LogP contribution in [-0.4, -0.2) is 37.8 Å². The van der Waals surface area contributed by atoms with Gasteiger partial charge in [-0.1, -0.05) is 24.3 Å². The zero-order valence-electron chi connectivity index (χ0n) is 12.2. The van der Waals surface area contributed by atoms with Crippen molar-refractivity contribution in [3.63, 3.8) is 0 Å². The number of alkyl halides is 1. The van der Waals surface area contributed by atoms with Crippen LogP contribution >= 0.6 is 23.4 Å². The summed E-state index contributed by atoms with van der Waals surface area (Å²) in [4.78, 5) is 0. The smallest absolute Gasteiger partial charge is 0.212 e. The molecule has 20 heavy (non-hydrogen) atoms. The monoisotopic (exact) mass is 335 g/mol. The first kappa shape index (κ1) is 17.8. The zero-order valence-corrected chi connectivity index (χ0v) is 14.6. The summed E-state index contributed by atoms with van der Waals surface area (Å²) in [6.07, 6.45) is 2.89. The van der Waals surface area contributed by atoms with E-state index in [2.05, 4.69) is 0 Å². The third-order valence-corrected chi connectivity index (χ3v) is 6.18. The minimum absolute atomic E-state index is 0.0173. The molecule has 0 N–H and O–H groups in total. The number of benzene rings is 1. The van der Waals surface area contributed by atoms with Crippen LogP contribution in [0.2, 0.25) is 0 Å². The molecule has 1 aromatic carbocycles. The zero-order chi connectivity index (χ0) is 15.2. The summed E-state index contributed by atoms with van der Waals surface area (Å²) in [6.45, 7) is 1.95. The van der Waals surface area contributed by atoms with Crippen molar-refractivity contribution in [2.45, 2.75) is 31.0 Å². The molecule has 1 rings (SSSR count). The molecule has 0 aliphatic heterocycles. The minimum Gasteiger partial charge on any atom is -0.212 e. The normalized spacial score (nSPS) is 13.7. The largest absolute Gasteiger partial charge is 0.218 e. The molecule has 1 atom stereocenters. The Balaban J connectivity index is 2.77. The van der Waals surface area contributed by atoms with Gasteiger partial charge in [0.1, 0.15) is 0 Å². The van der Waals surface area contributed by atoms with Crippen LogP contribution in [0.15, 0.2) is 24.3 Å². The molecule has 0 spiro atoms. The molecule has 1 unspecified atom stereocenters. The van der Waals surface area contributed by atoms with Gasteiger partial charge in [-0.15, -0.1) is 11.6 Å². The molecule has 0 radical (unpaired) electrons. The molecular weight excluding hydrogens is 314 g/mol. The Morgan fingerprint density at radius 2 is 2.00 bits per heavy atom. The molecule has 0 heterocycles. The van der Waals surface area contributed by atoms with Crippen molar-refractivity contribution < 1.29 is 8.42 Å². The second-order valence-electron chi connectivity index (χ2n) is 4.86. The fourth-order valence-corrected chi connectivity index (χ4v) is 4.06. The van der Waals surface area contributed by atoms with Crippen LogP contribution in [0.4, 0.5) is 0 Å². The van der Waals surface area contributed by atoms with Gasteiger partial charge in [0.25, 0.3) is 0 Å². The lowest BCUT2D eigenvalue weighted by Crippen LogP contribution is -2.36. The van der Waals surface area contributed by atoms with Gasteiger partial charge in [0.2, 0.25) is 10.0 Å². The Morgan fingerprint density at radius 1 is 1.35 bits per heavy atom. The Hall–Kier alpha value is -0.230. The Kier molecular flexibility index (Phi) is 7.37. The van der Waals surface area contributed by atoms with E-state index in [-0.39, 0.29) is 11.8 Å². The number of nitrogens with zero attached hydrogens (tertiary/aromatic N) is 1. The van der Waals surface area contributed by atoms with Gasteiger partial charge in [0.05, 0.1) is 5.75 Å². The van der Waals surface area contributed by atoms with Gasteiger partial charge in [-0.3, -0.25) is 0 Å². The Morgan fingerprint density at radius 3 is 2.60 bits per heavy atom. The lowest BCUT2D eigenvalue weighted by molar-refractivity contribution is 0.382. The van der Waals surface area contributed by atoms with E-state index in [9.17, 15) is 8.42 Å². The molecule has 0 aliphatic carbocycles. The molecule has 0 bridgehead atoms. The van der Waals surface area contributed by atoms with Crippen LogP contribution in [0, 0.1) is 0 Å². The first-order valence-corrected chi connectivity index (χ1v) is 10.0. The van der Waals surface area contributed by atoms with E-state index < -0.39 is 10.0 Å². The molecule has 1 aromatic rings. The van der Waals surface area contributed by atoms with E-state index in [1.807, 2.05) is 37.4 Å². The maximum Gasteiger partial charge on any atom is 0.218 e. The van der Waals surface area contributed by atoms with Crippen molar-refractivity contribution in [1.29, 1.82) is 0 Å². The summed E-state index contributed by atoms with van der Waals surface area (Å²) in [6, 6.07) is 7.44. The molecule has 114 valence electrons. The first-order chi connectivity index (χ1) is 9.40. The number of rotatable bonds is 8. The van der Waals surface area contributed by atoms with Gasteiger partial charge < -0.3 is 0 Å². The average Bonchev–Trinajstić information content (AvgIpc) is 2.43.